The lowest BCUT2D eigenvalue weighted by Gasteiger charge is -2.60. The van der Waals surface area contributed by atoms with Crippen LogP contribution in [0.2, 0.25) is 0 Å². The lowest BCUT2D eigenvalue weighted by atomic mass is 9.46. The first-order chi connectivity index (χ1) is 12.0. The quantitative estimate of drug-likeness (QED) is 0.757. The zero-order valence-electron chi connectivity index (χ0n) is 16.1. The first-order valence-electron chi connectivity index (χ1n) is 11.0. The van der Waals surface area contributed by atoms with E-state index < -0.39 is 11.4 Å². The van der Waals surface area contributed by atoms with Crippen molar-refractivity contribution in [3.8, 4) is 0 Å². The standard InChI is InChI=1S/C22H36O3/c1-20-11-4-3-5-15(20)6-7-16-17(20)10-12-22(23)18(16)8-9-19(22)21(2)24-13-14-25-21/h15-19,23H,3-14H2,1-2H3. The molecule has 1 aliphatic heterocycles. The highest BCUT2D eigenvalue weighted by atomic mass is 16.7. The van der Waals surface area contributed by atoms with Crippen molar-refractivity contribution >= 4 is 0 Å². The molecule has 3 heteroatoms. The third kappa shape index (κ3) is 2.28. The van der Waals surface area contributed by atoms with Crippen molar-refractivity contribution in [1.82, 2.24) is 0 Å². The summed E-state index contributed by atoms with van der Waals surface area (Å²) in [6.45, 7) is 6.05. The van der Waals surface area contributed by atoms with Crippen molar-refractivity contribution in [1.29, 1.82) is 0 Å². The van der Waals surface area contributed by atoms with Crippen molar-refractivity contribution in [2.75, 3.05) is 13.2 Å². The largest absolute Gasteiger partial charge is 0.389 e. The molecule has 3 nitrogen and oxygen atoms in total. The van der Waals surface area contributed by atoms with Gasteiger partial charge in [0.05, 0.1) is 18.8 Å². The highest BCUT2D eigenvalue weighted by Crippen LogP contribution is 2.66. The molecule has 0 amide bonds. The van der Waals surface area contributed by atoms with Crippen LogP contribution in [0.4, 0.5) is 0 Å². The molecule has 4 aliphatic carbocycles. The number of fused-ring (bicyclic) bond motifs is 5. The molecule has 7 atom stereocenters. The molecule has 0 aromatic rings. The summed E-state index contributed by atoms with van der Waals surface area (Å²) >= 11 is 0. The van der Waals surface area contributed by atoms with Gasteiger partial charge in [0, 0.05) is 5.92 Å². The summed E-state index contributed by atoms with van der Waals surface area (Å²) in [6, 6.07) is 0. The van der Waals surface area contributed by atoms with E-state index in [0.717, 1.165) is 30.6 Å². The van der Waals surface area contributed by atoms with Gasteiger partial charge >= 0.3 is 0 Å². The van der Waals surface area contributed by atoms with Crippen molar-refractivity contribution in [2.24, 2.45) is 35.0 Å². The van der Waals surface area contributed by atoms with E-state index in [1.54, 1.807) is 0 Å². The Kier molecular flexibility index (Phi) is 3.87. The second-order valence-electron chi connectivity index (χ2n) is 10.3. The number of ether oxygens (including phenoxy) is 2. The summed E-state index contributed by atoms with van der Waals surface area (Å²) < 4.78 is 12.0. The molecule has 142 valence electrons. The van der Waals surface area contributed by atoms with Crippen LogP contribution in [0.5, 0.6) is 0 Å². The first-order valence-corrected chi connectivity index (χ1v) is 11.0. The van der Waals surface area contributed by atoms with Gasteiger partial charge in [-0.15, -0.1) is 0 Å². The second kappa shape index (κ2) is 5.69. The van der Waals surface area contributed by atoms with E-state index in [0.29, 0.717) is 24.5 Å². The molecule has 7 unspecified atom stereocenters. The fourth-order valence-electron chi connectivity index (χ4n) is 8.39. The third-order valence-corrected chi connectivity index (χ3v) is 9.54. The molecular formula is C22H36O3. The monoisotopic (exact) mass is 348 g/mol. The van der Waals surface area contributed by atoms with Crippen LogP contribution in [0.25, 0.3) is 0 Å². The van der Waals surface area contributed by atoms with Gasteiger partial charge in [-0.3, -0.25) is 0 Å². The average molecular weight is 349 g/mol. The van der Waals surface area contributed by atoms with Crippen molar-refractivity contribution in [3.63, 3.8) is 0 Å². The molecule has 5 aliphatic rings. The van der Waals surface area contributed by atoms with Crippen LogP contribution in [0.15, 0.2) is 0 Å². The van der Waals surface area contributed by atoms with E-state index >= 15 is 0 Å². The predicted octanol–water partition coefficient (Wildman–Crippen LogP) is 4.52. The number of hydrogen-bond donors (Lipinski definition) is 1. The number of rotatable bonds is 1. The Hall–Kier alpha value is -0.120. The Balaban J connectivity index is 1.43. The molecule has 4 saturated carbocycles. The van der Waals surface area contributed by atoms with E-state index in [-0.39, 0.29) is 5.92 Å². The number of aliphatic hydroxyl groups is 1. The summed E-state index contributed by atoms with van der Waals surface area (Å²) in [4.78, 5) is 0. The molecule has 0 aromatic carbocycles. The molecule has 0 aromatic heterocycles. The SMILES string of the molecule is CC1(C2CCC3C4CCC5CCCCC5(C)C4CCC32O)OCCO1. The highest BCUT2D eigenvalue weighted by Gasteiger charge is 2.64. The Morgan fingerprint density at radius 1 is 0.800 bits per heavy atom. The maximum atomic E-state index is 11.9. The van der Waals surface area contributed by atoms with E-state index in [4.69, 9.17) is 9.47 Å². The lowest BCUT2D eigenvalue weighted by molar-refractivity contribution is -0.243. The molecule has 5 rings (SSSR count). The minimum absolute atomic E-state index is 0.158. The molecule has 1 N–H and O–H groups in total. The van der Waals surface area contributed by atoms with Crippen LogP contribution in [-0.2, 0) is 9.47 Å². The van der Waals surface area contributed by atoms with Gasteiger partial charge in [-0.05, 0) is 87.4 Å². The Labute approximate surface area is 152 Å². The Morgan fingerprint density at radius 2 is 1.60 bits per heavy atom. The fraction of sp³-hybridized carbons (Fsp3) is 1.00. The van der Waals surface area contributed by atoms with Gasteiger partial charge < -0.3 is 14.6 Å². The van der Waals surface area contributed by atoms with Gasteiger partial charge in [-0.25, -0.2) is 0 Å². The highest BCUT2D eigenvalue weighted by molar-refractivity contribution is 5.12. The van der Waals surface area contributed by atoms with Crippen LogP contribution in [0.3, 0.4) is 0 Å². The molecule has 0 bridgehead atoms. The summed E-state index contributed by atoms with van der Waals surface area (Å²) in [7, 11) is 0. The van der Waals surface area contributed by atoms with Gasteiger partial charge in [0.25, 0.3) is 0 Å². The smallest absolute Gasteiger partial charge is 0.171 e. The first kappa shape index (κ1) is 17.0. The Bertz CT molecular complexity index is 527. The number of hydrogen-bond acceptors (Lipinski definition) is 3. The van der Waals surface area contributed by atoms with Crippen molar-refractivity contribution in [3.05, 3.63) is 0 Å². The van der Waals surface area contributed by atoms with E-state index in [1.165, 1.54) is 51.4 Å². The third-order valence-electron chi connectivity index (χ3n) is 9.54. The van der Waals surface area contributed by atoms with Crippen molar-refractivity contribution in [2.45, 2.75) is 89.4 Å². The minimum atomic E-state index is -0.557. The molecule has 5 fully saturated rings. The summed E-state index contributed by atoms with van der Waals surface area (Å²) in [5.41, 5.74) is -0.0109. The van der Waals surface area contributed by atoms with Crippen LogP contribution >= 0.6 is 0 Å². The van der Waals surface area contributed by atoms with Gasteiger partial charge in [0.15, 0.2) is 5.79 Å². The summed E-state index contributed by atoms with van der Waals surface area (Å²) in [5, 5.41) is 11.9. The predicted molar refractivity (Wildman–Crippen MR) is 97.0 cm³/mol. The van der Waals surface area contributed by atoms with Crippen LogP contribution in [0, 0.1) is 35.0 Å². The van der Waals surface area contributed by atoms with Gasteiger partial charge in [-0.1, -0.05) is 19.8 Å². The van der Waals surface area contributed by atoms with Crippen LogP contribution in [-0.4, -0.2) is 29.7 Å². The summed E-state index contributed by atoms with van der Waals surface area (Å²) in [6.07, 6.45) is 12.9. The Morgan fingerprint density at radius 3 is 2.40 bits per heavy atom. The molecule has 1 saturated heterocycles. The summed E-state index contributed by atoms with van der Waals surface area (Å²) in [5.74, 6) is 2.60. The maximum Gasteiger partial charge on any atom is 0.171 e. The van der Waals surface area contributed by atoms with Gasteiger partial charge in [-0.2, -0.15) is 0 Å². The van der Waals surface area contributed by atoms with Crippen molar-refractivity contribution < 1.29 is 14.6 Å². The van der Waals surface area contributed by atoms with Gasteiger partial charge in [0.1, 0.15) is 0 Å². The van der Waals surface area contributed by atoms with Crippen LogP contribution in [0.1, 0.15) is 78.1 Å². The van der Waals surface area contributed by atoms with Gasteiger partial charge in [0.2, 0.25) is 0 Å². The van der Waals surface area contributed by atoms with Crippen LogP contribution < -0.4 is 0 Å². The normalized spacial score (nSPS) is 54.6. The maximum absolute atomic E-state index is 11.9. The molecular weight excluding hydrogens is 312 g/mol. The van der Waals surface area contributed by atoms with E-state index in [2.05, 4.69) is 13.8 Å². The molecule has 0 spiro atoms. The molecule has 25 heavy (non-hydrogen) atoms. The second-order valence-corrected chi connectivity index (χ2v) is 10.3. The topological polar surface area (TPSA) is 38.7 Å². The average Bonchev–Trinajstić information content (AvgIpc) is 3.18. The molecule has 1 heterocycles. The minimum Gasteiger partial charge on any atom is -0.389 e. The fourth-order valence-corrected chi connectivity index (χ4v) is 8.39. The molecule has 0 radical (unpaired) electrons. The zero-order chi connectivity index (χ0) is 17.3. The lowest BCUT2D eigenvalue weighted by Crippen LogP contribution is -2.59. The van der Waals surface area contributed by atoms with E-state index in [9.17, 15) is 5.11 Å². The van der Waals surface area contributed by atoms with E-state index in [1.807, 2.05) is 0 Å². The zero-order valence-corrected chi connectivity index (χ0v) is 16.1.